The van der Waals surface area contributed by atoms with Crippen molar-refractivity contribution >= 4 is 5.91 Å². The Morgan fingerprint density at radius 2 is 1.95 bits per heavy atom. The van der Waals surface area contributed by atoms with Gasteiger partial charge in [0.15, 0.2) is 0 Å². The van der Waals surface area contributed by atoms with Gasteiger partial charge in [-0.2, -0.15) is 0 Å². The van der Waals surface area contributed by atoms with Gasteiger partial charge in [0.2, 0.25) is 5.91 Å². The molecule has 4 nitrogen and oxygen atoms in total. The van der Waals surface area contributed by atoms with Gasteiger partial charge in [0.25, 0.3) is 0 Å². The first-order valence-electron chi connectivity index (χ1n) is 8.26. The highest BCUT2D eigenvalue weighted by Gasteiger charge is 2.19. The maximum atomic E-state index is 11.9. The summed E-state index contributed by atoms with van der Waals surface area (Å²) in [5.41, 5.74) is 0. The molecule has 1 fully saturated rings. The van der Waals surface area contributed by atoms with E-state index in [1.165, 1.54) is 25.7 Å². The highest BCUT2D eigenvalue weighted by atomic mass is 16.2. The van der Waals surface area contributed by atoms with Crippen molar-refractivity contribution in [2.24, 2.45) is 5.92 Å². The molecule has 3 N–H and O–H groups in total. The molecular weight excluding hydrogens is 250 g/mol. The molecule has 1 aliphatic rings. The second-order valence-corrected chi connectivity index (χ2v) is 6.66. The number of hydrogen-bond donors (Lipinski definition) is 3. The summed E-state index contributed by atoms with van der Waals surface area (Å²) >= 11 is 0. The first-order valence-corrected chi connectivity index (χ1v) is 8.26. The Kier molecular flexibility index (Phi) is 8.15. The van der Waals surface area contributed by atoms with Gasteiger partial charge in [-0.3, -0.25) is 4.79 Å². The minimum Gasteiger partial charge on any atom is -0.354 e. The maximum absolute atomic E-state index is 11.9. The number of nitrogens with one attached hydrogen (secondary N) is 3. The van der Waals surface area contributed by atoms with Crippen molar-refractivity contribution in [3.63, 3.8) is 0 Å². The van der Waals surface area contributed by atoms with E-state index in [1.54, 1.807) is 0 Å². The average molecular weight is 283 g/mol. The summed E-state index contributed by atoms with van der Waals surface area (Å²) in [5.74, 6) is 0.609. The Hall–Kier alpha value is -0.610. The zero-order valence-corrected chi connectivity index (χ0v) is 13.7. The molecule has 1 heterocycles. The summed E-state index contributed by atoms with van der Waals surface area (Å²) in [5, 5.41) is 10.0. The molecule has 0 radical (unpaired) electrons. The predicted octanol–water partition coefficient (Wildman–Crippen LogP) is 2.05. The standard InChI is InChI=1S/C16H33N3O/c1-12(2)11-18-16(20)14(4)19-13(3)10-15-8-6-5-7-9-17-15/h12-15,17,19H,5-11H2,1-4H3,(H,18,20). The molecule has 0 aliphatic carbocycles. The molecule has 118 valence electrons. The lowest BCUT2D eigenvalue weighted by Crippen LogP contribution is -2.48. The topological polar surface area (TPSA) is 53.2 Å². The van der Waals surface area contributed by atoms with Crippen molar-refractivity contribution in [2.45, 2.75) is 77.9 Å². The van der Waals surface area contributed by atoms with E-state index in [2.05, 4.69) is 36.7 Å². The van der Waals surface area contributed by atoms with Crippen molar-refractivity contribution in [1.29, 1.82) is 0 Å². The summed E-state index contributed by atoms with van der Waals surface area (Å²) in [4.78, 5) is 11.9. The molecule has 1 amide bonds. The molecule has 20 heavy (non-hydrogen) atoms. The molecule has 1 saturated heterocycles. The molecule has 1 rings (SSSR count). The van der Waals surface area contributed by atoms with Crippen LogP contribution in [-0.2, 0) is 4.79 Å². The van der Waals surface area contributed by atoms with Crippen LogP contribution in [0.15, 0.2) is 0 Å². The van der Waals surface area contributed by atoms with Crippen LogP contribution in [0, 0.1) is 5.92 Å². The Morgan fingerprint density at radius 3 is 2.65 bits per heavy atom. The fraction of sp³-hybridized carbons (Fsp3) is 0.938. The molecule has 0 aromatic rings. The Labute approximate surface area is 124 Å². The third-order valence-electron chi connectivity index (χ3n) is 3.91. The van der Waals surface area contributed by atoms with E-state index >= 15 is 0 Å². The summed E-state index contributed by atoms with van der Waals surface area (Å²) in [6.07, 6.45) is 6.34. The Balaban J connectivity index is 2.25. The molecule has 0 spiro atoms. The van der Waals surface area contributed by atoms with Gasteiger partial charge >= 0.3 is 0 Å². The summed E-state index contributed by atoms with van der Waals surface area (Å²) in [7, 11) is 0. The fourth-order valence-corrected chi connectivity index (χ4v) is 2.76. The second-order valence-electron chi connectivity index (χ2n) is 6.66. The third kappa shape index (κ3) is 7.25. The number of carbonyl (C=O) groups is 1. The molecule has 0 aromatic carbocycles. The van der Waals surface area contributed by atoms with Crippen LogP contribution in [0.2, 0.25) is 0 Å². The van der Waals surface area contributed by atoms with Gasteiger partial charge in [-0.1, -0.05) is 26.7 Å². The molecule has 3 atom stereocenters. The van der Waals surface area contributed by atoms with Gasteiger partial charge in [-0.25, -0.2) is 0 Å². The molecule has 3 unspecified atom stereocenters. The SMILES string of the molecule is CC(C)CNC(=O)C(C)NC(C)CC1CCCCCN1. The van der Waals surface area contributed by atoms with E-state index in [0.717, 1.165) is 19.5 Å². The summed E-state index contributed by atoms with van der Waals surface area (Å²) in [6.45, 7) is 10.2. The lowest BCUT2D eigenvalue weighted by Gasteiger charge is -2.24. The van der Waals surface area contributed by atoms with Crippen LogP contribution >= 0.6 is 0 Å². The van der Waals surface area contributed by atoms with Crippen LogP contribution in [0.4, 0.5) is 0 Å². The van der Waals surface area contributed by atoms with Crippen molar-refractivity contribution in [3.8, 4) is 0 Å². The van der Waals surface area contributed by atoms with E-state index in [9.17, 15) is 4.79 Å². The highest BCUT2D eigenvalue weighted by Crippen LogP contribution is 2.12. The first-order chi connectivity index (χ1) is 9.49. The van der Waals surface area contributed by atoms with Crippen molar-refractivity contribution in [2.75, 3.05) is 13.1 Å². The van der Waals surface area contributed by atoms with E-state index < -0.39 is 0 Å². The fourth-order valence-electron chi connectivity index (χ4n) is 2.76. The van der Waals surface area contributed by atoms with Crippen LogP contribution < -0.4 is 16.0 Å². The number of hydrogen-bond acceptors (Lipinski definition) is 3. The summed E-state index contributed by atoms with van der Waals surface area (Å²) in [6, 6.07) is 0.853. The van der Waals surface area contributed by atoms with Crippen LogP contribution in [0.5, 0.6) is 0 Å². The van der Waals surface area contributed by atoms with Crippen molar-refractivity contribution < 1.29 is 4.79 Å². The van der Waals surface area contributed by atoms with E-state index in [-0.39, 0.29) is 11.9 Å². The number of carbonyl (C=O) groups excluding carboxylic acids is 1. The van der Waals surface area contributed by atoms with Crippen LogP contribution in [0.25, 0.3) is 0 Å². The highest BCUT2D eigenvalue weighted by molar-refractivity contribution is 5.81. The minimum atomic E-state index is -0.116. The average Bonchev–Trinajstić information content (AvgIpc) is 2.64. The second kappa shape index (κ2) is 9.35. The summed E-state index contributed by atoms with van der Waals surface area (Å²) < 4.78 is 0. The van der Waals surface area contributed by atoms with Gasteiger partial charge in [0, 0.05) is 18.6 Å². The monoisotopic (exact) mass is 283 g/mol. The normalized spacial score (nSPS) is 23.1. The van der Waals surface area contributed by atoms with Crippen LogP contribution in [-0.4, -0.2) is 37.1 Å². The maximum Gasteiger partial charge on any atom is 0.236 e. The molecule has 0 saturated carbocycles. The van der Waals surface area contributed by atoms with Gasteiger partial charge in [0.1, 0.15) is 0 Å². The molecule has 4 heteroatoms. The molecular formula is C16H33N3O. The smallest absolute Gasteiger partial charge is 0.236 e. The predicted molar refractivity (Wildman–Crippen MR) is 84.8 cm³/mol. The molecule has 1 aliphatic heterocycles. The number of amides is 1. The van der Waals surface area contributed by atoms with Crippen molar-refractivity contribution in [3.05, 3.63) is 0 Å². The Bertz CT molecular complexity index is 273. The van der Waals surface area contributed by atoms with Gasteiger partial charge in [0.05, 0.1) is 6.04 Å². The zero-order chi connectivity index (χ0) is 15.0. The lowest BCUT2D eigenvalue weighted by molar-refractivity contribution is -0.123. The zero-order valence-electron chi connectivity index (χ0n) is 13.7. The lowest BCUT2D eigenvalue weighted by atomic mass is 10.0. The quantitative estimate of drug-likeness (QED) is 0.670. The third-order valence-corrected chi connectivity index (χ3v) is 3.91. The Morgan fingerprint density at radius 1 is 1.20 bits per heavy atom. The van der Waals surface area contributed by atoms with Crippen LogP contribution in [0.3, 0.4) is 0 Å². The van der Waals surface area contributed by atoms with Crippen molar-refractivity contribution in [1.82, 2.24) is 16.0 Å². The van der Waals surface area contributed by atoms with E-state index in [1.807, 2.05) is 6.92 Å². The van der Waals surface area contributed by atoms with Gasteiger partial charge < -0.3 is 16.0 Å². The van der Waals surface area contributed by atoms with Crippen LogP contribution in [0.1, 0.15) is 59.8 Å². The first kappa shape index (κ1) is 17.4. The van der Waals surface area contributed by atoms with Gasteiger partial charge in [-0.15, -0.1) is 0 Å². The van der Waals surface area contributed by atoms with E-state index in [4.69, 9.17) is 0 Å². The van der Waals surface area contributed by atoms with E-state index in [0.29, 0.717) is 18.0 Å². The molecule has 0 bridgehead atoms. The minimum absolute atomic E-state index is 0.111. The molecule has 0 aromatic heterocycles. The largest absolute Gasteiger partial charge is 0.354 e. The number of rotatable bonds is 7. The van der Waals surface area contributed by atoms with Gasteiger partial charge in [-0.05, 0) is 45.6 Å².